The van der Waals surface area contributed by atoms with Crippen molar-refractivity contribution in [3.8, 4) is 10.4 Å². The van der Waals surface area contributed by atoms with Gasteiger partial charge in [-0.2, -0.15) is 13.2 Å². The number of hydrogen-bond acceptors (Lipinski definition) is 17. The molecular formula is C77H98F5N9O10S4. The number of sulfonamides is 1. The molecule has 4 aromatic carbocycles. The average Bonchev–Trinajstić information content (AvgIpc) is 0.921. The van der Waals surface area contributed by atoms with Gasteiger partial charge in [-0.1, -0.05) is 88.2 Å². The third kappa shape index (κ3) is 19.2. The van der Waals surface area contributed by atoms with Crippen LogP contribution in [0.2, 0.25) is 0 Å². The Morgan fingerprint density at radius 3 is 2.11 bits per heavy atom. The van der Waals surface area contributed by atoms with Gasteiger partial charge < -0.3 is 30.9 Å². The molecule has 19 nitrogen and oxygen atoms in total. The Kier molecular flexibility index (Phi) is 24.6. The molecule has 5 aromatic rings. The Hall–Kier alpha value is -6.82. The van der Waals surface area contributed by atoms with E-state index in [0.717, 1.165) is 77.7 Å². The number of carbonyl (C=O) groups is 5. The summed E-state index contributed by atoms with van der Waals surface area (Å²) >= 11 is 2.89. The van der Waals surface area contributed by atoms with Crippen molar-refractivity contribution >= 4 is 83.7 Å². The van der Waals surface area contributed by atoms with Crippen LogP contribution in [0.3, 0.4) is 0 Å². The Labute approximate surface area is 621 Å². The van der Waals surface area contributed by atoms with Crippen LogP contribution in [0.15, 0.2) is 128 Å². The number of amides is 4. The molecule has 4 saturated carbocycles. The van der Waals surface area contributed by atoms with Crippen molar-refractivity contribution in [1.82, 2.24) is 35.0 Å². The van der Waals surface area contributed by atoms with Crippen LogP contribution in [-0.4, -0.2) is 173 Å². The van der Waals surface area contributed by atoms with E-state index in [-0.39, 0.29) is 83.8 Å². The fourth-order valence-corrected chi connectivity index (χ4v) is 20.0. The zero-order valence-electron chi connectivity index (χ0n) is 60.5. The average molecular weight is 1530 g/mol. The van der Waals surface area contributed by atoms with E-state index >= 15 is 0 Å². The van der Waals surface area contributed by atoms with Crippen molar-refractivity contribution in [2.75, 3.05) is 88.0 Å². The first-order chi connectivity index (χ1) is 49.6. The lowest BCUT2D eigenvalue weighted by atomic mass is 9.32. The van der Waals surface area contributed by atoms with Crippen LogP contribution in [0.25, 0.3) is 10.4 Å². The largest absolute Gasteiger partial charge is 0.501 e. The van der Waals surface area contributed by atoms with Crippen molar-refractivity contribution in [2.24, 2.45) is 33.5 Å². The summed E-state index contributed by atoms with van der Waals surface area (Å²) < 4.78 is 128. The van der Waals surface area contributed by atoms with Crippen LogP contribution in [0.1, 0.15) is 152 Å². The molecule has 1 aromatic heterocycles. The second kappa shape index (κ2) is 32.6. The smallest absolute Gasteiger partial charge is 0.393 e. The zero-order valence-corrected chi connectivity index (χ0v) is 63.8. The van der Waals surface area contributed by atoms with Gasteiger partial charge in [0.2, 0.25) is 24.1 Å². The molecule has 0 spiro atoms. The molecule has 570 valence electrons. The van der Waals surface area contributed by atoms with Crippen LogP contribution in [0.5, 0.6) is 0 Å². The van der Waals surface area contributed by atoms with Crippen LogP contribution in [-0.2, 0) is 39.0 Å². The quantitative estimate of drug-likeness (QED) is 0.0124. The van der Waals surface area contributed by atoms with E-state index in [1.165, 1.54) is 46.4 Å². The lowest BCUT2D eigenvalue weighted by Gasteiger charge is -2.72. The van der Waals surface area contributed by atoms with Crippen molar-refractivity contribution in [3.63, 3.8) is 0 Å². The van der Waals surface area contributed by atoms with Gasteiger partial charge in [-0.3, -0.25) is 33.8 Å². The van der Waals surface area contributed by atoms with Gasteiger partial charge in [0, 0.05) is 124 Å². The number of benzene rings is 4. The molecule has 5 atom stereocenters. The van der Waals surface area contributed by atoms with E-state index in [1.807, 2.05) is 87.0 Å². The summed E-state index contributed by atoms with van der Waals surface area (Å²) in [5.74, 6) is -3.11. The number of halogens is 5. The SMILES string of the molecule is Cc1ncsc1-c1ccc([C@H](CC(=O)NCCCCC(=O)N2CCN(CC[C@H](CSc3ccccc3)Nc3ccc(S(=O)(=O)NC(=O)c4ccc(N5CCN(CC6=C(C78CC(C(F)F)(C7)C8)CC(C)(C)CC6)CC5)cc4)cc3S(=O)(=O)C(F)(F)F)CC2)NC(=O)[C@@H]2C[C@@H](O)CC2C(=O)CC(C)(C)C)cc1. The van der Waals surface area contributed by atoms with Gasteiger partial charge in [0.25, 0.3) is 25.8 Å². The molecule has 5 N–H and O–H groups in total. The molecule has 1 unspecified atom stereocenters. The Morgan fingerprint density at radius 2 is 1.48 bits per heavy atom. The van der Waals surface area contributed by atoms with Gasteiger partial charge in [0.1, 0.15) is 10.7 Å². The van der Waals surface area contributed by atoms with Crippen LogP contribution < -0.4 is 25.6 Å². The number of thiazole rings is 1. The maximum absolute atomic E-state index is 14.6. The number of aromatic nitrogens is 1. The van der Waals surface area contributed by atoms with E-state index < -0.39 is 94.5 Å². The Bertz CT molecular complexity index is 4190. The van der Waals surface area contributed by atoms with Crippen molar-refractivity contribution in [2.45, 2.75) is 176 Å². The highest BCUT2D eigenvalue weighted by Crippen LogP contribution is 2.79. The minimum atomic E-state index is -6.20. The second-order valence-corrected chi connectivity index (χ2v) is 37.3. The van der Waals surface area contributed by atoms with Gasteiger partial charge >= 0.3 is 5.51 Å². The maximum Gasteiger partial charge on any atom is 0.501 e. The number of nitrogens with zero attached hydrogens (tertiary/aromatic N) is 5. The molecule has 12 rings (SSSR count). The number of carbonyl (C=O) groups excluding carboxylic acids is 5. The number of piperazine rings is 2. The lowest BCUT2D eigenvalue weighted by Crippen LogP contribution is -2.66. The highest BCUT2D eigenvalue weighted by atomic mass is 32.2. The standard InChI is InChI=1S/C77H98F5N9O10S4/c1-50-69(103-49-84-50)52-17-15-51(16-18-52)64(86-71(97)61-39-57(92)38-60(61)65(93)43-73(2,3)4)41-67(94)83-28-11-10-14-68(95)91-36-30-88(31-37-91)29-26-55(45-102-58-12-8-7-9-13-58)85-63-24-23-59(40-66(63)104(98,99)77(80,81)82)105(100,101)87-70(96)53-19-21-56(22-20-53)90-34-32-89(33-35-90)44-54-25-27-74(5,6)42-62(54)75-46-76(47-75,48-75)72(78)79/h7-9,12-13,15-24,40,49,55,57,60-61,64,72,85,92H,10-11,14,25-39,41-48H2,1-6H3,(H,83,94)(H,86,97)(H,87,96)/t55-,57+,60?,61-,64+,75?,76?/m1/s1. The van der Waals surface area contributed by atoms with Crippen LogP contribution >= 0.6 is 23.1 Å². The second-order valence-electron chi connectivity index (χ2n) is 31.7. The highest BCUT2D eigenvalue weighted by molar-refractivity contribution is 7.99. The molecule has 5 aliphatic carbocycles. The summed E-state index contributed by atoms with van der Waals surface area (Å²) in [6.45, 7) is 18.3. The number of Topliss-reactive ketones (excluding diaryl/α,β-unsaturated/α-hetero) is 1. The van der Waals surface area contributed by atoms with Crippen LogP contribution in [0.4, 0.5) is 33.3 Å². The summed E-state index contributed by atoms with van der Waals surface area (Å²) in [5, 5.41) is 19.7. The monoisotopic (exact) mass is 1530 g/mol. The Balaban J connectivity index is 0.660. The number of rotatable bonds is 30. The number of aliphatic hydroxyl groups excluding tert-OH is 1. The van der Waals surface area contributed by atoms with E-state index in [0.29, 0.717) is 96.0 Å². The number of sulfone groups is 1. The normalized spacial score (nSPS) is 22.9. The van der Waals surface area contributed by atoms with Crippen LogP contribution in [0, 0.1) is 40.4 Å². The molecule has 2 bridgehead atoms. The lowest BCUT2D eigenvalue weighted by molar-refractivity contribution is -0.250. The van der Waals surface area contributed by atoms with E-state index in [9.17, 15) is 67.9 Å². The minimum absolute atomic E-state index is 0.0644. The number of aryl methyl sites for hydroxylation is 1. The number of anilines is 2. The van der Waals surface area contributed by atoms with E-state index in [2.05, 4.69) is 49.5 Å². The van der Waals surface area contributed by atoms with E-state index in [1.54, 1.807) is 22.5 Å². The molecule has 105 heavy (non-hydrogen) atoms. The third-order valence-corrected chi connectivity index (χ3v) is 27.0. The van der Waals surface area contributed by atoms with Gasteiger partial charge in [-0.05, 0) is 160 Å². The predicted octanol–water partition coefficient (Wildman–Crippen LogP) is 12.6. The molecule has 2 aliphatic heterocycles. The third-order valence-electron chi connectivity index (χ3n) is 22.0. The number of allylic oxidation sites excluding steroid dienone is 1. The summed E-state index contributed by atoms with van der Waals surface area (Å²) in [5.41, 5.74) is 0.392. The zero-order chi connectivity index (χ0) is 75.4. The number of aliphatic hydroxyl groups is 1. The summed E-state index contributed by atoms with van der Waals surface area (Å²) in [6, 6.07) is 23.9. The molecule has 3 heterocycles. The predicted molar refractivity (Wildman–Crippen MR) is 397 cm³/mol. The number of nitrogens with one attached hydrogen (secondary N) is 4. The highest BCUT2D eigenvalue weighted by Gasteiger charge is 2.73. The van der Waals surface area contributed by atoms with Gasteiger partial charge in [0.05, 0.1) is 51.1 Å². The summed E-state index contributed by atoms with van der Waals surface area (Å²) in [4.78, 5) is 80.6. The van der Waals surface area contributed by atoms with Gasteiger partial charge in [-0.15, -0.1) is 23.1 Å². The molecule has 6 fully saturated rings. The summed E-state index contributed by atoms with van der Waals surface area (Å²) in [7, 11) is -11.2. The molecule has 2 saturated heterocycles. The van der Waals surface area contributed by atoms with E-state index in [4.69, 9.17) is 0 Å². The number of hydrogen-bond donors (Lipinski definition) is 5. The molecule has 7 aliphatic rings. The minimum Gasteiger partial charge on any atom is -0.393 e. The first kappa shape index (κ1) is 79.2. The van der Waals surface area contributed by atoms with Gasteiger partial charge in [-0.25, -0.2) is 35.3 Å². The number of unbranched alkanes of at least 4 members (excludes halogenated alkanes) is 1. The van der Waals surface area contributed by atoms with Crippen molar-refractivity contribution < 1.29 is 67.9 Å². The number of thioether (sulfide) groups is 1. The fraction of sp³-hybridized carbons (Fsp3) is 0.558. The first-order valence-corrected chi connectivity index (χ1v) is 41.2. The van der Waals surface area contributed by atoms with Crippen molar-refractivity contribution in [1.29, 1.82) is 0 Å². The summed E-state index contributed by atoms with van der Waals surface area (Å²) in [6.07, 6.45) is 3.54. The fourth-order valence-electron chi connectivity index (χ4n) is 16.1. The topological polar surface area (TPSA) is 248 Å². The number of ketones is 1. The maximum atomic E-state index is 14.6. The molecule has 0 radical (unpaired) electrons. The number of alkyl halides is 5. The van der Waals surface area contributed by atoms with Crippen molar-refractivity contribution in [3.05, 3.63) is 131 Å². The Morgan fingerprint density at radius 1 is 0.810 bits per heavy atom. The van der Waals surface area contributed by atoms with Gasteiger partial charge in [0.15, 0.2) is 0 Å². The molecule has 4 amide bonds. The molecule has 28 heteroatoms. The first-order valence-electron chi connectivity index (χ1n) is 36.4. The molecular weight excluding hydrogens is 1430 g/mol.